The lowest BCUT2D eigenvalue weighted by molar-refractivity contribution is 0.0941. The molecule has 0 amide bonds. The Morgan fingerprint density at radius 1 is 1.16 bits per heavy atom. The number of benzene rings is 1. The van der Waals surface area contributed by atoms with Crippen LogP contribution in [0.4, 0.5) is 5.82 Å². The molecule has 1 aromatic heterocycles. The van der Waals surface area contributed by atoms with Crippen molar-refractivity contribution in [2.24, 2.45) is 14.1 Å². The maximum atomic E-state index is 12.5. The lowest BCUT2D eigenvalue weighted by atomic mass is 10.1. The number of likely N-dealkylation sites (N-methyl/N-ethyl adjacent to an activating group) is 1. The summed E-state index contributed by atoms with van der Waals surface area (Å²) in [6.45, 7) is 0.381. The molecule has 0 atom stereocenters. The molecule has 0 bridgehead atoms. The average molecular weight is 385 g/mol. The maximum absolute atomic E-state index is 12.5. The molecule has 7 nitrogen and oxygen atoms in total. The normalized spacial score (nSPS) is 11.1. The Hall–Kier alpha value is -2.09. The number of nitrogens with two attached hydrogens (primary N) is 1. The summed E-state index contributed by atoms with van der Waals surface area (Å²) in [6.07, 6.45) is 0. The second kappa shape index (κ2) is 7.43. The van der Waals surface area contributed by atoms with Crippen molar-refractivity contribution in [1.82, 2.24) is 14.0 Å². The number of ketones is 1. The van der Waals surface area contributed by atoms with Gasteiger partial charge in [0.2, 0.25) is 0 Å². The number of halogens is 2. The zero-order valence-corrected chi connectivity index (χ0v) is 15.6. The van der Waals surface area contributed by atoms with Crippen LogP contribution in [0.3, 0.4) is 0 Å². The number of carbonyl (C=O) groups excluding carboxylic acids is 1. The number of hydrogen-bond acceptors (Lipinski definition) is 5. The number of carbonyl (C=O) groups is 1. The van der Waals surface area contributed by atoms with Crippen molar-refractivity contribution >= 4 is 34.8 Å². The quantitative estimate of drug-likeness (QED) is 0.784. The van der Waals surface area contributed by atoms with Gasteiger partial charge in [-0.2, -0.15) is 0 Å². The van der Waals surface area contributed by atoms with E-state index < -0.39 is 17.0 Å². The molecule has 0 radical (unpaired) electrons. The van der Waals surface area contributed by atoms with Gasteiger partial charge in [0, 0.05) is 20.6 Å². The van der Waals surface area contributed by atoms with Crippen LogP contribution >= 0.6 is 23.2 Å². The molecule has 0 unspecified atom stereocenters. The van der Waals surface area contributed by atoms with Gasteiger partial charge in [-0.25, -0.2) is 4.79 Å². The Kier molecular flexibility index (Phi) is 5.72. The molecule has 1 heterocycles. The molecule has 0 spiro atoms. The van der Waals surface area contributed by atoms with E-state index in [1.807, 2.05) is 0 Å². The molecule has 0 saturated carbocycles. The van der Waals surface area contributed by atoms with E-state index in [9.17, 15) is 14.4 Å². The number of Topliss-reactive ketones (excluding diaryl/α,β-unsaturated/α-hetero) is 1. The van der Waals surface area contributed by atoms with Gasteiger partial charge in [0.05, 0.1) is 16.6 Å². The van der Waals surface area contributed by atoms with Gasteiger partial charge in [0.15, 0.2) is 5.78 Å². The van der Waals surface area contributed by atoms with E-state index >= 15 is 0 Å². The lowest BCUT2D eigenvalue weighted by Gasteiger charge is -2.17. The molecular formula is C16H18Cl2N4O3. The largest absolute Gasteiger partial charge is 0.384 e. The van der Waals surface area contributed by atoms with Crippen LogP contribution in [0.5, 0.6) is 0 Å². The zero-order valence-electron chi connectivity index (χ0n) is 14.0. The first kappa shape index (κ1) is 19.2. The molecule has 2 rings (SSSR count). The van der Waals surface area contributed by atoms with Crippen LogP contribution in [0.15, 0.2) is 27.8 Å². The summed E-state index contributed by atoms with van der Waals surface area (Å²) in [6, 6.07) is 5.19. The first-order chi connectivity index (χ1) is 11.6. The molecule has 0 aliphatic rings. The number of rotatable bonds is 5. The van der Waals surface area contributed by atoms with E-state index in [1.165, 1.54) is 14.1 Å². The number of hydrogen-bond donors (Lipinski definition) is 1. The fourth-order valence-electron chi connectivity index (χ4n) is 2.45. The van der Waals surface area contributed by atoms with Crippen LogP contribution in [-0.4, -0.2) is 33.4 Å². The summed E-state index contributed by atoms with van der Waals surface area (Å²) >= 11 is 11.9. The molecule has 0 aliphatic carbocycles. The molecule has 25 heavy (non-hydrogen) atoms. The second-order valence-electron chi connectivity index (χ2n) is 5.81. The predicted molar refractivity (Wildman–Crippen MR) is 98.5 cm³/mol. The topological polar surface area (TPSA) is 90.3 Å². The predicted octanol–water partition coefficient (Wildman–Crippen LogP) is 1.29. The molecule has 2 N–H and O–H groups in total. The minimum Gasteiger partial charge on any atom is -0.384 e. The van der Waals surface area contributed by atoms with E-state index in [4.69, 9.17) is 28.9 Å². The first-order valence-corrected chi connectivity index (χ1v) is 8.10. The van der Waals surface area contributed by atoms with Gasteiger partial charge in [-0.05, 0) is 24.7 Å². The van der Waals surface area contributed by atoms with Crippen LogP contribution in [0.2, 0.25) is 10.0 Å². The van der Waals surface area contributed by atoms with E-state index in [2.05, 4.69) is 0 Å². The Labute approximate surface area is 154 Å². The van der Waals surface area contributed by atoms with Gasteiger partial charge >= 0.3 is 5.69 Å². The number of nitrogens with zero attached hydrogens (tertiary/aromatic N) is 3. The molecule has 0 fully saturated rings. The fourth-order valence-corrected chi connectivity index (χ4v) is 2.77. The van der Waals surface area contributed by atoms with Crippen molar-refractivity contribution in [1.29, 1.82) is 0 Å². The molecule has 0 saturated heterocycles. The van der Waals surface area contributed by atoms with Gasteiger partial charge in [0.1, 0.15) is 11.4 Å². The highest BCUT2D eigenvalue weighted by molar-refractivity contribution is 6.42. The molecule has 2 aromatic rings. The van der Waals surface area contributed by atoms with Crippen molar-refractivity contribution in [2.75, 3.05) is 19.3 Å². The molecule has 1 aromatic carbocycles. The Balaban J connectivity index is 2.24. The van der Waals surface area contributed by atoms with Crippen LogP contribution in [0.1, 0.15) is 15.9 Å². The zero-order chi connectivity index (χ0) is 18.9. The minimum absolute atomic E-state index is 0.0438. The minimum atomic E-state index is -0.700. The number of aromatic nitrogens is 2. The van der Waals surface area contributed by atoms with Gasteiger partial charge in [-0.1, -0.05) is 29.3 Å². The Morgan fingerprint density at radius 3 is 2.40 bits per heavy atom. The smallest absolute Gasteiger partial charge is 0.332 e. The van der Waals surface area contributed by atoms with Gasteiger partial charge < -0.3 is 5.73 Å². The standard InChI is InChI=1S/C16H18Cl2N4O3/c1-20(7-9-4-5-10(17)11(18)6-9)8-12(23)13-14(19)21(2)16(25)22(3)15(13)24/h4-6H,7-8,19H2,1-3H3. The fraction of sp³-hybridized carbons (Fsp3) is 0.312. The van der Waals surface area contributed by atoms with Crippen LogP contribution in [0, 0.1) is 0 Å². The van der Waals surface area contributed by atoms with Gasteiger partial charge in [-0.15, -0.1) is 0 Å². The summed E-state index contributed by atoms with van der Waals surface area (Å²) in [7, 11) is 4.44. The highest BCUT2D eigenvalue weighted by Crippen LogP contribution is 2.23. The lowest BCUT2D eigenvalue weighted by Crippen LogP contribution is -2.43. The summed E-state index contributed by atoms with van der Waals surface area (Å²) < 4.78 is 1.94. The van der Waals surface area contributed by atoms with E-state index in [-0.39, 0.29) is 17.9 Å². The van der Waals surface area contributed by atoms with Crippen molar-refractivity contribution < 1.29 is 4.79 Å². The summed E-state index contributed by atoms with van der Waals surface area (Å²) in [4.78, 5) is 38.3. The van der Waals surface area contributed by atoms with Crippen LogP contribution in [-0.2, 0) is 20.6 Å². The maximum Gasteiger partial charge on any atom is 0.332 e. The number of anilines is 1. The third-order valence-corrected chi connectivity index (χ3v) is 4.58. The van der Waals surface area contributed by atoms with Crippen molar-refractivity contribution in [3.63, 3.8) is 0 Å². The Morgan fingerprint density at radius 2 is 1.80 bits per heavy atom. The molecule has 9 heteroatoms. The molecular weight excluding hydrogens is 367 g/mol. The summed E-state index contributed by atoms with van der Waals surface area (Å²) in [5, 5.41) is 0.876. The van der Waals surface area contributed by atoms with Crippen molar-refractivity contribution in [3.05, 3.63) is 60.2 Å². The number of nitrogen functional groups attached to an aromatic ring is 1. The van der Waals surface area contributed by atoms with E-state index in [0.29, 0.717) is 16.6 Å². The third-order valence-electron chi connectivity index (χ3n) is 3.84. The highest BCUT2D eigenvalue weighted by Gasteiger charge is 2.21. The first-order valence-electron chi connectivity index (χ1n) is 7.34. The molecule has 0 aliphatic heterocycles. The monoisotopic (exact) mass is 384 g/mol. The van der Waals surface area contributed by atoms with Crippen LogP contribution in [0.25, 0.3) is 0 Å². The summed E-state index contributed by atoms with van der Waals surface area (Å²) in [5.41, 5.74) is 5.19. The summed E-state index contributed by atoms with van der Waals surface area (Å²) in [5.74, 6) is -0.600. The van der Waals surface area contributed by atoms with Crippen molar-refractivity contribution in [3.8, 4) is 0 Å². The second-order valence-corrected chi connectivity index (χ2v) is 6.62. The van der Waals surface area contributed by atoms with Gasteiger partial charge in [0.25, 0.3) is 5.56 Å². The van der Waals surface area contributed by atoms with E-state index in [1.54, 1.807) is 30.1 Å². The third kappa shape index (κ3) is 3.95. The van der Waals surface area contributed by atoms with Gasteiger partial charge in [-0.3, -0.25) is 23.6 Å². The Bertz CT molecular complexity index is 950. The highest BCUT2D eigenvalue weighted by atomic mass is 35.5. The molecule has 134 valence electrons. The van der Waals surface area contributed by atoms with Crippen molar-refractivity contribution in [2.45, 2.75) is 6.54 Å². The SMILES string of the molecule is CN(CC(=O)c1c(N)n(C)c(=O)n(C)c1=O)Cc1ccc(Cl)c(Cl)c1. The van der Waals surface area contributed by atoms with E-state index in [0.717, 1.165) is 14.7 Å². The average Bonchev–Trinajstić information content (AvgIpc) is 2.54. The van der Waals surface area contributed by atoms with Crippen LogP contribution < -0.4 is 17.0 Å².